The number of aliphatic hydroxyl groups excluding tert-OH is 1. The number of carbonyl (C=O) groups excluding carboxylic acids is 1. The van der Waals surface area contributed by atoms with E-state index in [0.29, 0.717) is 38.0 Å². The molecule has 3 rings (SSSR count). The van der Waals surface area contributed by atoms with Gasteiger partial charge in [0.1, 0.15) is 5.82 Å². The summed E-state index contributed by atoms with van der Waals surface area (Å²) < 4.78 is 27.5. The highest BCUT2D eigenvalue weighted by Crippen LogP contribution is 2.32. The van der Waals surface area contributed by atoms with E-state index in [1.54, 1.807) is 17.0 Å². The van der Waals surface area contributed by atoms with Gasteiger partial charge in [-0.05, 0) is 43.0 Å². The number of hydrogen-bond acceptors (Lipinski definition) is 3. The molecule has 23 heavy (non-hydrogen) atoms. The normalized spacial score (nSPS) is 27.2. The van der Waals surface area contributed by atoms with Gasteiger partial charge < -0.3 is 15.3 Å². The Bertz CT molecular complexity index is 550. The van der Waals surface area contributed by atoms with Crippen LogP contribution in [0.2, 0.25) is 0 Å². The summed E-state index contributed by atoms with van der Waals surface area (Å²) in [6, 6.07) is 5.82. The molecule has 6 heteroatoms. The van der Waals surface area contributed by atoms with Gasteiger partial charge >= 0.3 is 0 Å². The highest BCUT2D eigenvalue weighted by atomic mass is 19.1. The lowest BCUT2D eigenvalue weighted by atomic mass is 9.87. The summed E-state index contributed by atoms with van der Waals surface area (Å²) in [5.41, 5.74) is -1.10. The maximum absolute atomic E-state index is 14.5. The first-order valence-corrected chi connectivity index (χ1v) is 8.12. The van der Waals surface area contributed by atoms with Crippen LogP contribution in [-0.2, 0) is 4.79 Å². The number of hydrogen-bond donors (Lipinski definition) is 2. The van der Waals surface area contributed by atoms with Crippen molar-refractivity contribution in [3.05, 3.63) is 35.6 Å². The van der Waals surface area contributed by atoms with E-state index in [4.69, 9.17) is 0 Å². The molecule has 1 amide bonds. The number of rotatable bonds is 3. The van der Waals surface area contributed by atoms with E-state index in [2.05, 4.69) is 5.32 Å². The molecule has 2 N–H and O–H groups in total. The van der Waals surface area contributed by atoms with E-state index in [1.165, 1.54) is 12.1 Å². The molecule has 0 aromatic heterocycles. The Labute approximate surface area is 134 Å². The van der Waals surface area contributed by atoms with E-state index in [-0.39, 0.29) is 24.7 Å². The number of halogens is 2. The van der Waals surface area contributed by atoms with E-state index in [0.717, 1.165) is 0 Å². The topological polar surface area (TPSA) is 52.6 Å². The molecule has 0 spiro atoms. The van der Waals surface area contributed by atoms with Crippen molar-refractivity contribution < 1.29 is 18.7 Å². The average Bonchev–Trinajstić information content (AvgIpc) is 3.02. The maximum Gasteiger partial charge on any atom is 0.261 e. The number of benzene rings is 1. The van der Waals surface area contributed by atoms with Crippen molar-refractivity contribution in [3.8, 4) is 0 Å². The second-order valence-electron chi connectivity index (χ2n) is 6.52. The third kappa shape index (κ3) is 3.38. The van der Waals surface area contributed by atoms with Crippen LogP contribution in [0.1, 0.15) is 30.9 Å². The van der Waals surface area contributed by atoms with Crippen LogP contribution in [0, 0.1) is 11.7 Å². The van der Waals surface area contributed by atoms with E-state index in [1.807, 2.05) is 0 Å². The fourth-order valence-corrected chi connectivity index (χ4v) is 3.48. The first kappa shape index (κ1) is 16.3. The Hall–Kier alpha value is -1.53. The molecular weight excluding hydrogens is 302 g/mol. The van der Waals surface area contributed by atoms with Crippen molar-refractivity contribution in [1.82, 2.24) is 10.2 Å². The molecule has 2 heterocycles. The Balaban J connectivity index is 1.57. The number of amides is 1. The maximum atomic E-state index is 14.5. The first-order chi connectivity index (χ1) is 11.0. The van der Waals surface area contributed by atoms with Crippen molar-refractivity contribution in [2.24, 2.45) is 5.92 Å². The van der Waals surface area contributed by atoms with Gasteiger partial charge in [0, 0.05) is 26.1 Å². The second-order valence-corrected chi connectivity index (χ2v) is 6.52. The van der Waals surface area contributed by atoms with Crippen LogP contribution in [0.4, 0.5) is 8.78 Å². The fourth-order valence-electron chi connectivity index (χ4n) is 3.48. The Morgan fingerprint density at radius 3 is 2.52 bits per heavy atom. The van der Waals surface area contributed by atoms with Gasteiger partial charge in [-0.25, -0.2) is 8.78 Å². The molecule has 1 aromatic rings. The molecule has 1 aromatic carbocycles. The van der Waals surface area contributed by atoms with Crippen LogP contribution >= 0.6 is 0 Å². The zero-order valence-electron chi connectivity index (χ0n) is 13.0. The van der Waals surface area contributed by atoms with Gasteiger partial charge in [0.05, 0.1) is 6.10 Å². The van der Waals surface area contributed by atoms with Crippen LogP contribution in [0.3, 0.4) is 0 Å². The number of aliphatic hydroxyl groups is 1. The zero-order chi connectivity index (χ0) is 16.4. The summed E-state index contributed by atoms with van der Waals surface area (Å²) in [6.45, 7) is 1.52. The number of nitrogens with zero attached hydrogens (tertiary/aromatic N) is 1. The number of alkyl halides is 1. The molecule has 4 nitrogen and oxygen atoms in total. The van der Waals surface area contributed by atoms with E-state index < -0.39 is 17.7 Å². The van der Waals surface area contributed by atoms with Crippen LogP contribution in [0.5, 0.6) is 0 Å². The second kappa shape index (κ2) is 6.53. The summed E-state index contributed by atoms with van der Waals surface area (Å²) in [5, 5.41) is 13.3. The first-order valence-electron chi connectivity index (χ1n) is 8.12. The molecule has 2 aliphatic rings. The van der Waals surface area contributed by atoms with Crippen LogP contribution < -0.4 is 5.32 Å². The molecule has 0 bridgehead atoms. The molecular formula is C17H22F2N2O2. The van der Waals surface area contributed by atoms with E-state index >= 15 is 0 Å². The Morgan fingerprint density at radius 2 is 1.96 bits per heavy atom. The average molecular weight is 324 g/mol. The Morgan fingerprint density at radius 1 is 1.30 bits per heavy atom. The van der Waals surface area contributed by atoms with Crippen LogP contribution in [0.25, 0.3) is 0 Å². The largest absolute Gasteiger partial charge is 0.388 e. The van der Waals surface area contributed by atoms with Crippen molar-refractivity contribution in [3.63, 3.8) is 0 Å². The van der Waals surface area contributed by atoms with Crippen molar-refractivity contribution in [2.45, 2.75) is 31.0 Å². The summed E-state index contributed by atoms with van der Waals surface area (Å²) >= 11 is 0. The smallest absolute Gasteiger partial charge is 0.261 e. The predicted octanol–water partition coefficient (Wildman–Crippen LogP) is 1.80. The van der Waals surface area contributed by atoms with Gasteiger partial charge in [-0.2, -0.15) is 0 Å². The van der Waals surface area contributed by atoms with Crippen LogP contribution in [0.15, 0.2) is 24.3 Å². The molecule has 0 aliphatic carbocycles. The van der Waals surface area contributed by atoms with Crippen LogP contribution in [-0.4, -0.2) is 47.8 Å². The lowest BCUT2D eigenvalue weighted by molar-refractivity contribution is -0.144. The Kier molecular flexibility index (Phi) is 4.64. The quantitative estimate of drug-likeness (QED) is 0.891. The molecule has 2 unspecified atom stereocenters. The highest BCUT2D eigenvalue weighted by Gasteiger charge is 2.45. The monoisotopic (exact) mass is 324 g/mol. The number of piperidine rings is 1. The molecule has 2 saturated heterocycles. The molecule has 2 aliphatic heterocycles. The standard InChI is InChI=1S/C17H22F2N2O2/c18-14-3-1-12(2-4-14)15(22)13-5-9-21(10-6-13)16(23)17(19)7-8-20-11-17/h1-4,13,15,20,22H,5-11H2. The van der Waals surface area contributed by atoms with Gasteiger partial charge in [-0.1, -0.05) is 12.1 Å². The van der Waals surface area contributed by atoms with Crippen molar-refractivity contribution in [1.29, 1.82) is 0 Å². The molecule has 126 valence electrons. The molecule has 0 radical (unpaired) electrons. The zero-order valence-corrected chi connectivity index (χ0v) is 13.0. The summed E-state index contributed by atoms with van der Waals surface area (Å²) in [5.74, 6) is -0.765. The highest BCUT2D eigenvalue weighted by molar-refractivity contribution is 5.86. The lowest BCUT2D eigenvalue weighted by Crippen LogP contribution is -2.50. The summed E-state index contributed by atoms with van der Waals surface area (Å²) in [7, 11) is 0. The predicted molar refractivity (Wildman–Crippen MR) is 82.0 cm³/mol. The van der Waals surface area contributed by atoms with Gasteiger partial charge in [0.15, 0.2) is 0 Å². The van der Waals surface area contributed by atoms with Gasteiger partial charge in [0.2, 0.25) is 5.67 Å². The number of likely N-dealkylation sites (tertiary alicyclic amines) is 1. The number of carbonyl (C=O) groups is 1. The minimum absolute atomic E-state index is 0.00164. The van der Waals surface area contributed by atoms with Gasteiger partial charge in [0.25, 0.3) is 5.91 Å². The van der Waals surface area contributed by atoms with E-state index in [9.17, 15) is 18.7 Å². The lowest BCUT2D eigenvalue weighted by Gasteiger charge is -2.36. The molecule has 0 saturated carbocycles. The molecule has 2 atom stereocenters. The minimum Gasteiger partial charge on any atom is -0.388 e. The summed E-state index contributed by atoms with van der Waals surface area (Å²) in [4.78, 5) is 13.9. The fraction of sp³-hybridized carbons (Fsp3) is 0.588. The van der Waals surface area contributed by atoms with Gasteiger partial charge in [-0.15, -0.1) is 0 Å². The van der Waals surface area contributed by atoms with Crippen molar-refractivity contribution in [2.75, 3.05) is 26.2 Å². The summed E-state index contributed by atoms with van der Waals surface area (Å²) in [6.07, 6.45) is 0.784. The molecule has 2 fully saturated rings. The minimum atomic E-state index is -1.78. The number of nitrogens with one attached hydrogen (secondary N) is 1. The van der Waals surface area contributed by atoms with Crippen molar-refractivity contribution >= 4 is 5.91 Å². The third-order valence-corrected chi connectivity index (χ3v) is 4.97. The van der Waals surface area contributed by atoms with Gasteiger partial charge in [-0.3, -0.25) is 4.79 Å². The SMILES string of the molecule is O=C(N1CCC(C(O)c2ccc(F)cc2)CC1)C1(F)CCNC1. The third-order valence-electron chi connectivity index (χ3n) is 4.97.